The van der Waals surface area contributed by atoms with Crippen molar-refractivity contribution >= 4 is 38.9 Å². The van der Waals surface area contributed by atoms with Crippen LogP contribution in [0.3, 0.4) is 0 Å². The Morgan fingerprint density at radius 3 is 2.10 bits per heavy atom. The molecule has 1 aromatic carbocycles. The van der Waals surface area contributed by atoms with Crippen molar-refractivity contribution in [3.8, 4) is 17.2 Å². The summed E-state index contributed by atoms with van der Waals surface area (Å²) in [6.45, 7) is 0. The minimum absolute atomic E-state index is 0.305. The van der Waals surface area contributed by atoms with Gasteiger partial charge < -0.3 is 14.2 Å². The normalized spacial score (nSPS) is 12.1. The maximum Gasteiger partial charge on any atom is 0.164 e. The molecule has 0 bridgehead atoms. The predicted octanol–water partition coefficient (Wildman–Crippen LogP) is 4.86. The molecule has 2 rings (SSSR count). The zero-order valence-corrected chi connectivity index (χ0v) is 14.4. The number of methoxy groups -OCH3 is 3. The summed E-state index contributed by atoms with van der Waals surface area (Å²) in [6, 6.07) is 7.60. The summed E-state index contributed by atoms with van der Waals surface area (Å²) < 4.78 is 17.0. The van der Waals surface area contributed by atoms with Crippen molar-refractivity contribution in [3.05, 3.63) is 38.5 Å². The highest BCUT2D eigenvalue weighted by Crippen LogP contribution is 2.43. The summed E-state index contributed by atoms with van der Waals surface area (Å²) in [6.07, 6.45) is 0. The van der Waals surface area contributed by atoms with E-state index in [1.165, 1.54) is 0 Å². The predicted molar refractivity (Wildman–Crippen MR) is 85.8 cm³/mol. The van der Waals surface area contributed by atoms with Crippen LogP contribution in [0.5, 0.6) is 17.2 Å². The lowest BCUT2D eigenvalue weighted by Crippen LogP contribution is -1.99. The molecule has 0 aliphatic carbocycles. The number of hydrogen-bond acceptors (Lipinski definition) is 4. The van der Waals surface area contributed by atoms with Crippen LogP contribution in [0.4, 0.5) is 0 Å². The molecule has 0 aliphatic heterocycles. The molecule has 0 fully saturated rings. The molecule has 1 atom stereocenters. The summed E-state index contributed by atoms with van der Waals surface area (Å²) in [5, 5.41) is -0.305. The average Bonchev–Trinajstić information content (AvgIpc) is 2.91. The molecule has 3 nitrogen and oxygen atoms in total. The van der Waals surface area contributed by atoms with Gasteiger partial charge >= 0.3 is 0 Å². The molecule has 0 radical (unpaired) electrons. The third kappa shape index (κ3) is 3.05. The number of ether oxygens (including phenoxy) is 3. The first-order valence-corrected chi connectivity index (χ1v) is 7.84. The molecule has 0 saturated heterocycles. The molecular formula is C14H14BrClO3S. The first-order valence-electron chi connectivity index (χ1n) is 5.80. The lowest BCUT2D eigenvalue weighted by Gasteiger charge is -2.16. The Morgan fingerprint density at radius 2 is 1.60 bits per heavy atom. The Morgan fingerprint density at radius 1 is 1.00 bits per heavy atom. The van der Waals surface area contributed by atoms with Gasteiger partial charge in [-0.15, -0.1) is 22.9 Å². The van der Waals surface area contributed by atoms with Crippen molar-refractivity contribution < 1.29 is 14.2 Å². The molecule has 6 heteroatoms. The summed E-state index contributed by atoms with van der Waals surface area (Å²) in [4.78, 5) is 1.03. The summed E-state index contributed by atoms with van der Waals surface area (Å²) in [5.41, 5.74) is 0.848. The van der Waals surface area contributed by atoms with E-state index in [0.29, 0.717) is 17.2 Å². The molecule has 0 aliphatic rings. The van der Waals surface area contributed by atoms with E-state index in [9.17, 15) is 0 Å². The van der Waals surface area contributed by atoms with Crippen LogP contribution in [0.1, 0.15) is 15.8 Å². The van der Waals surface area contributed by atoms with E-state index in [4.69, 9.17) is 25.8 Å². The maximum absolute atomic E-state index is 6.57. The van der Waals surface area contributed by atoms with Crippen LogP contribution >= 0.6 is 38.9 Å². The van der Waals surface area contributed by atoms with E-state index in [1.807, 2.05) is 18.2 Å². The van der Waals surface area contributed by atoms with Crippen LogP contribution in [0.15, 0.2) is 28.1 Å². The Hall–Kier alpha value is -0.910. The van der Waals surface area contributed by atoms with Crippen molar-refractivity contribution in [2.45, 2.75) is 5.38 Å². The van der Waals surface area contributed by atoms with Gasteiger partial charge in [0.25, 0.3) is 0 Å². The molecule has 1 aromatic heterocycles. The zero-order chi connectivity index (χ0) is 14.7. The monoisotopic (exact) mass is 376 g/mol. The van der Waals surface area contributed by atoms with Crippen molar-refractivity contribution in [1.82, 2.24) is 0 Å². The van der Waals surface area contributed by atoms with Gasteiger partial charge in [0.15, 0.2) is 11.5 Å². The van der Waals surface area contributed by atoms with Gasteiger partial charge in [0, 0.05) is 16.5 Å². The van der Waals surface area contributed by atoms with Crippen LogP contribution in [-0.2, 0) is 0 Å². The molecule has 20 heavy (non-hydrogen) atoms. The number of thiophene rings is 1. The zero-order valence-electron chi connectivity index (χ0n) is 11.3. The summed E-state index contributed by atoms with van der Waals surface area (Å²) in [5.74, 6) is 1.92. The van der Waals surface area contributed by atoms with Gasteiger partial charge in [0.05, 0.1) is 30.5 Å². The van der Waals surface area contributed by atoms with Crippen molar-refractivity contribution in [2.24, 2.45) is 0 Å². The van der Waals surface area contributed by atoms with Gasteiger partial charge in [-0.1, -0.05) is 0 Å². The molecule has 0 spiro atoms. The summed E-state index contributed by atoms with van der Waals surface area (Å²) >= 11 is 11.6. The molecular weight excluding hydrogens is 364 g/mol. The first-order chi connectivity index (χ1) is 9.60. The fourth-order valence-corrected chi connectivity index (χ4v) is 3.67. The minimum atomic E-state index is -0.305. The van der Waals surface area contributed by atoms with E-state index in [1.54, 1.807) is 38.7 Å². The van der Waals surface area contributed by atoms with Gasteiger partial charge in [0.2, 0.25) is 0 Å². The van der Waals surface area contributed by atoms with Crippen molar-refractivity contribution in [2.75, 3.05) is 21.3 Å². The van der Waals surface area contributed by atoms with E-state index >= 15 is 0 Å². The third-order valence-electron chi connectivity index (χ3n) is 2.85. The summed E-state index contributed by atoms with van der Waals surface area (Å²) in [7, 11) is 4.79. The van der Waals surface area contributed by atoms with Gasteiger partial charge in [-0.05, 0) is 34.1 Å². The Bertz CT molecular complexity index is 600. The third-order valence-corrected chi connectivity index (χ3v) is 5.14. The lowest BCUT2D eigenvalue weighted by atomic mass is 10.1. The van der Waals surface area contributed by atoms with Gasteiger partial charge in [-0.3, -0.25) is 0 Å². The molecule has 108 valence electrons. The molecule has 1 heterocycles. The van der Waals surface area contributed by atoms with E-state index in [-0.39, 0.29) is 5.38 Å². The Kier molecular flexibility index (Phi) is 5.18. The Labute approximate surface area is 135 Å². The topological polar surface area (TPSA) is 27.7 Å². The SMILES string of the molecule is COc1cc(OC)c(C(Cl)c2ccc(Br)s2)cc1OC. The van der Waals surface area contributed by atoms with Crippen LogP contribution in [-0.4, -0.2) is 21.3 Å². The van der Waals surface area contributed by atoms with Gasteiger partial charge in [-0.25, -0.2) is 0 Å². The molecule has 1 unspecified atom stereocenters. The van der Waals surface area contributed by atoms with E-state index < -0.39 is 0 Å². The van der Waals surface area contributed by atoms with E-state index in [0.717, 1.165) is 14.2 Å². The second-order valence-corrected chi connectivity index (χ2v) is 6.88. The minimum Gasteiger partial charge on any atom is -0.496 e. The van der Waals surface area contributed by atoms with Crippen molar-refractivity contribution in [3.63, 3.8) is 0 Å². The number of hydrogen-bond donors (Lipinski definition) is 0. The molecule has 2 aromatic rings. The Balaban J connectivity index is 2.49. The highest BCUT2D eigenvalue weighted by Gasteiger charge is 2.21. The highest BCUT2D eigenvalue weighted by atomic mass is 79.9. The molecule has 0 N–H and O–H groups in total. The number of halogens is 2. The smallest absolute Gasteiger partial charge is 0.164 e. The fraction of sp³-hybridized carbons (Fsp3) is 0.286. The fourth-order valence-electron chi connectivity index (χ4n) is 1.87. The molecule has 0 saturated carbocycles. The number of benzene rings is 1. The van der Waals surface area contributed by atoms with Crippen LogP contribution < -0.4 is 14.2 Å². The van der Waals surface area contributed by atoms with E-state index in [2.05, 4.69) is 15.9 Å². The van der Waals surface area contributed by atoms with Gasteiger partial charge in [0.1, 0.15) is 5.75 Å². The number of alkyl halides is 1. The lowest BCUT2D eigenvalue weighted by molar-refractivity contribution is 0.347. The highest BCUT2D eigenvalue weighted by molar-refractivity contribution is 9.11. The molecule has 0 amide bonds. The average molecular weight is 378 g/mol. The van der Waals surface area contributed by atoms with Crippen LogP contribution in [0, 0.1) is 0 Å². The van der Waals surface area contributed by atoms with Gasteiger partial charge in [-0.2, -0.15) is 0 Å². The maximum atomic E-state index is 6.57. The first kappa shape index (κ1) is 15.5. The van der Waals surface area contributed by atoms with Crippen LogP contribution in [0.25, 0.3) is 0 Å². The van der Waals surface area contributed by atoms with Crippen molar-refractivity contribution in [1.29, 1.82) is 0 Å². The number of rotatable bonds is 5. The second kappa shape index (κ2) is 6.70. The quantitative estimate of drug-likeness (QED) is 0.696. The standard InChI is InChI=1S/C14H14BrClO3S/c1-17-9-7-11(19-3)10(18-2)6-8(9)14(16)12-4-5-13(15)20-12/h4-7,14H,1-3H3. The van der Waals surface area contributed by atoms with Crippen LogP contribution in [0.2, 0.25) is 0 Å². The second-order valence-electron chi connectivity index (χ2n) is 3.95. The largest absolute Gasteiger partial charge is 0.496 e.